The third kappa shape index (κ3) is 3.24. The fraction of sp³-hybridized carbons (Fsp3) is 0.500. The summed E-state index contributed by atoms with van der Waals surface area (Å²) in [5.41, 5.74) is -4.66. The predicted molar refractivity (Wildman–Crippen MR) is 69.1 cm³/mol. The normalized spacial score (nSPS) is 20.1. The highest BCUT2D eigenvalue weighted by molar-refractivity contribution is 7.92. The molecule has 1 heterocycles. The van der Waals surface area contributed by atoms with Crippen LogP contribution in [0.3, 0.4) is 0 Å². The first-order valence-corrected chi connectivity index (χ1v) is 7.65. The van der Waals surface area contributed by atoms with Crippen molar-refractivity contribution in [1.29, 1.82) is 0 Å². The summed E-state index contributed by atoms with van der Waals surface area (Å²) in [4.78, 5) is -0.738. The maximum absolute atomic E-state index is 12.4. The number of hydrogen-bond acceptors (Lipinski definition) is 4. The molecule has 1 aliphatic rings. The molecule has 8 heteroatoms. The van der Waals surface area contributed by atoms with Gasteiger partial charge in [0.05, 0.1) is 4.90 Å². The average molecular weight is 308 g/mol. The molecule has 0 radical (unpaired) electrons. The molecule has 0 aliphatic carbocycles. The average Bonchev–Trinajstić information content (AvgIpc) is 2.88. The summed E-state index contributed by atoms with van der Waals surface area (Å²) in [5.74, 6) is 0.480. The zero-order valence-corrected chi connectivity index (χ0v) is 11.4. The molecule has 0 amide bonds. The first kappa shape index (κ1) is 15.1. The van der Waals surface area contributed by atoms with Gasteiger partial charge in [-0.05, 0) is 49.7 Å². The van der Waals surface area contributed by atoms with E-state index in [0.717, 1.165) is 31.6 Å². The van der Waals surface area contributed by atoms with E-state index >= 15 is 0 Å². The molecule has 20 heavy (non-hydrogen) atoms. The Morgan fingerprint density at radius 3 is 2.40 bits per heavy atom. The van der Waals surface area contributed by atoms with Crippen molar-refractivity contribution < 1.29 is 21.6 Å². The Labute approximate surface area is 115 Å². The van der Waals surface area contributed by atoms with Gasteiger partial charge in [0, 0.05) is 12.2 Å². The van der Waals surface area contributed by atoms with E-state index in [9.17, 15) is 21.6 Å². The zero-order chi connectivity index (χ0) is 14.8. The standard InChI is InChI=1S/C12H15F3N2O2S/c13-12(14,15)20(18,19)11-3-1-10(2-4-11)17-8-9-5-6-16-7-9/h1-4,9,16-17H,5-8H2. The summed E-state index contributed by atoms with van der Waals surface area (Å²) in [7, 11) is -5.26. The second-order valence-corrected chi connectivity index (χ2v) is 6.65. The van der Waals surface area contributed by atoms with Gasteiger partial charge in [-0.1, -0.05) is 0 Å². The summed E-state index contributed by atoms with van der Waals surface area (Å²) in [6, 6.07) is 4.64. The Morgan fingerprint density at radius 2 is 1.90 bits per heavy atom. The third-order valence-corrected chi connectivity index (χ3v) is 4.73. The lowest BCUT2D eigenvalue weighted by atomic mass is 10.1. The van der Waals surface area contributed by atoms with Crippen LogP contribution in [0.4, 0.5) is 18.9 Å². The van der Waals surface area contributed by atoms with Gasteiger partial charge in [-0.3, -0.25) is 0 Å². The number of nitrogens with one attached hydrogen (secondary N) is 2. The topological polar surface area (TPSA) is 58.2 Å². The van der Waals surface area contributed by atoms with Crippen LogP contribution in [0.5, 0.6) is 0 Å². The highest BCUT2D eigenvalue weighted by atomic mass is 32.2. The van der Waals surface area contributed by atoms with Crippen molar-refractivity contribution in [2.24, 2.45) is 5.92 Å². The molecule has 0 aromatic heterocycles. The van der Waals surface area contributed by atoms with Crippen molar-refractivity contribution in [2.75, 3.05) is 25.0 Å². The number of alkyl halides is 3. The van der Waals surface area contributed by atoms with Gasteiger partial charge in [-0.15, -0.1) is 0 Å². The van der Waals surface area contributed by atoms with Gasteiger partial charge in [0.15, 0.2) is 0 Å². The second kappa shape index (κ2) is 5.61. The van der Waals surface area contributed by atoms with Crippen molar-refractivity contribution in [3.8, 4) is 0 Å². The van der Waals surface area contributed by atoms with Gasteiger partial charge < -0.3 is 10.6 Å². The van der Waals surface area contributed by atoms with Gasteiger partial charge in [0.2, 0.25) is 0 Å². The Kier molecular flexibility index (Phi) is 4.24. The molecule has 1 unspecified atom stereocenters. The van der Waals surface area contributed by atoms with Crippen molar-refractivity contribution in [3.63, 3.8) is 0 Å². The number of hydrogen-bond donors (Lipinski definition) is 2. The van der Waals surface area contributed by atoms with Crippen LogP contribution in [0.2, 0.25) is 0 Å². The second-order valence-electron chi connectivity index (χ2n) is 4.71. The van der Waals surface area contributed by atoms with Gasteiger partial charge in [0.25, 0.3) is 9.84 Å². The fourth-order valence-corrected chi connectivity index (χ4v) is 2.80. The van der Waals surface area contributed by atoms with Crippen LogP contribution in [0.25, 0.3) is 0 Å². The Bertz CT molecular complexity index is 549. The third-order valence-electron chi connectivity index (χ3n) is 3.23. The Hall–Kier alpha value is -1.28. The van der Waals surface area contributed by atoms with Gasteiger partial charge in [0.1, 0.15) is 0 Å². The molecule has 112 valence electrons. The minimum Gasteiger partial charge on any atom is -0.385 e. The SMILES string of the molecule is O=S(=O)(c1ccc(NCC2CCNC2)cc1)C(F)(F)F. The van der Waals surface area contributed by atoms with E-state index in [-0.39, 0.29) is 0 Å². The summed E-state index contributed by atoms with van der Waals surface area (Å²) in [6.07, 6.45) is 1.05. The van der Waals surface area contributed by atoms with Gasteiger partial charge in [-0.25, -0.2) is 8.42 Å². The molecule has 1 atom stereocenters. The van der Waals surface area contributed by atoms with Crippen LogP contribution in [0, 0.1) is 5.92 Å². The molecule has 0 spiro atoms. The van der Waals surface area contributed by atoms with Crippen LogP contribution in [0.15, 0.2) is 29.2 Å². The molecule has 4 nitrogen and oxygen atoms in total. The van der Waals surface area contributed by atoms with E-state index in [2.05, 4.69) is 10.6 Å². The predicted octanol–water partition coefficient (Wildman–Crippen LogP) is 2.00. The van der Waals surface area contributed by atoms with Crippen LogP contribution in [0.1, 0.15) is 6.42 Å². The summed E-state index contributed by atoms with van der Waals surface area (Å²) in [6.45, 7) is 2.58. The van der Waals surface area contributed by atoms with Gasteiger partial charge >= 0.3 is 5.51 Å². The maximum Gasteiger partial charge on any atom is 0.501 e. The molecule has 0 bridgehead atoms. The van der Waals surface area contributed by atoms with Crippen molar-refractivity contribution >= 4 is 15.5 Å². The molecule has 2 rings (SSSR count). The van der Waals surface area contributed by atoms with E-state index in [1.807, 2.05) is 0 Å². The molecule has 1 saturated heterocycles. The van der Waals surface area contributed by atoms with E-state index in [0.29, 0.717) is 18.2 Å². The van der Waals surface area contributed by atoms with Crippen LogP contribution >= 0.6 is 0 Å². The monoisotopic (exact) mass is 308 g/mol. The fourth-order valence-electron chi connectivity index (χ4n) is 2.04. The van der Waals surface area contributed by atoms with Gasteiger partial charge in [-0.2, -0.15) is 13.2 Å². The van der Waals surface area contributed by atoms with Crippen LogP contribution < -0.4 is 10.6 Å². The summed E-state index contributed by atoms with van der Waals surface area (Å²) < 4.78 is 59.4. The van der Waals surface area contributed by atoms with E-state index < -0.39 is 20.2 Å². The number of sulfone groups is 1. The number of halogens is 3. The lowest BCUT2D eigenvalue weighted by Crippen LogP contribution is -2.23. The summed E-state index contributed by atoms with van der Waals surface area (Å²) >= 11 is 0. The number of rotatable bonds is 4. The highest BCUT2D eigenvalue weighted by Crippen LogP contribution is 2.30. The van der Waals surface area contributed by atoms with Crippen molar-refractivity contribution in [2.45, 2.75) is 16.8 Å². The molecule has 0 saturated carbocycles. The first-order chi connectivity index (χ1) is 9.30. The first-order valence-electron chi connectivity index (χ1n) is 6.17. The largest absolute Gasteiger partial charge is 0.501 e. The summed E-state index contributed by atoms with van der Waals surface area (Å²) in [5, 5.41) is 6.30. The molecule has 1 aromatic carbocycles. The number of benzene rings is 1. The Balaban J connectivity index is 2.03. The number of anilines is 1. The maximum atomic E-state index is 12.4. The highest BCUT2D eigenvalue weighted by Gasteiger charge is 2.46. The molecule has 1 aromatic rings. The molecule has 1 aliphatic heterocycles. The van der Waals surface area contributed by atoms with Crippen molar-refractivity contribution in [3.05, 3.63) is 24.3 Å². The molecular weight excluding hydrogens is 293 g/mol. The van der Waals surface area contributed by atoms with Crippen LogP contribution in [-0.2, 0) is 9.84 Å². The molecule has 2 N–H and O–H groups in total. The molecule has 1 fully saturated rings. The lowest BCUT2D eigenvalue weighted by Gasteiger charge is -2.12. The Morgan fingerprint density at radius 1 is 1.25 bits per heavy atom. The van der Waals surface area contributed by atoms with Crippen molar-refractivity contribution in [1.82, 2.24) is 5.32 Å². The smallest absolute Gasteiger partial charge is 0.385 e. The quantitative estimate of drug-likeness (QED) is 0.893. The molecular formula is C12H15F3N2O2S. The zero-order valence-electron chi connectivity index (χ0n) is 10.6. The minimum atomic E-state index is -5.27. The van der Waals surface area contributed by atoms with E-state index in [4.69, 9.17) is 0 Å². The van der Waals surface area contributed by atoms with Crippen LogP contribution in [-0.4, -0.2) is 33.6 Å². The van der Waals surface area contributed by atoms with E-state index in [1.54, 1.807) is 0 Å². The minimum absolute atomic E-state index is 0.480. The van der Waals surface area contributed by atoms with E-state index in [1.165, 1.54) is 12.1 Å². The lowest BCUT2D eigenvalue weighted by molar-refractivity contribution is -0.0436.